The van der Waals surface area contributed by atoms with Crippen molar-refractivity contribution in [3.63, 3.8) is 0 Å². The van der Waals surface area contributed by atoms with Crippen LogP contribution >= 0.6 is 11.3 Å². The van der Waals surface area contributed by atoms with Crippen LogP contribution in [0.25, 0.3) is 32.0 Å². The number of hydrogen-bond donors (Lipinski definition) is 3. The summed E-state index contributed by atoms with van der Waals surface area (Å²) < 4.78 is 0. The highest BCUT2D eigenvalue weighted by atomic mass is 32.1. The molecule has 0 radical (unpaired) electrons. The molecule has 5 nitrogen and oxygen atoms in total. The summed E-state index contributed by atoms with van der Waals surface area (Å²) in [6.07, 6.45) is 1.90. The Morgan fingerprint density at radius 3 is 2.32 bits per heavy atom. The van der Waals surface area contributed by atoms with Crippen molar-refractivity contribution in [2.24, 2.45) is 0 Å². The van der Waals surface area contributed by atoms with Gasteiger partial charge in [0.05, 0.1) is 0 Å². The molecule has 3 N–H and O–H groups in total. The van der Waals surface area contributed by atoms with Crippen LogP contribution in [-0.2, 0) is 0 Å². The molecule has 6 heteroatoms. The van der Waals surface area contributed by atoms with E-state index in [1.807, 2.05) is 24.4 Å². The molecular weight excluding hydrogens is 298 g/mol. The number of aromatic amines is 1. The Morgan fingerprint density at radius 1 is 0.818 bits per heavy atom. The summed E-state index contributed by atoms with van der Waals surface area (Å²) in [5.74, 6) is -0.311. The van der Waals surface area contributed by atoms with Crippen LogP contribution in [0.3, 0.4) is 0 Å². The van der Waals surface area contributed by atoms with Crippen LogP contribution in [0.1, 0.15) is 0 Å². The molecule has 22 heavy (non-hydrogen) atoms. The molecule has 4 rings (SSSR count). The van der Waals surface area contributed by atoms with Gasteiger partial charge in [0.25, 0.3) is 0 Å². The molecule has 0 saturated carbocycles. The number of H-pyrrole nitrogens is 1. The number of rotatable bonds is 2. The van der Waals surface area contributed by atoms with Gasteiger partial charge in [-0.15, -0.1) is 10.2 Å². The molecule has 0 saturated heterocycles. The molecule has 0 aliphatic carbocycles. The van der Waals surface area contributed by atoms with Crippen LogP contribution in [0, 0.1) is 0 Å². The zero-order valence-electron chi connectivity index (χ0n) is 11.3. The van der Waals surface area contributed by atoms with Crippen molar-refractivity contribution >= 4 is 22.2 Å². The lowest BCUT2D eigenvalue weighted by molar-refractivity contribution is 0.404. The Bertz CT molecular complexity index is 974. The van der Waals surface area contributed by atoms with E-state index in [2.05, 4.69) is 21.2 Å². The van der Waals surface area contributed by atoms with Crippen LogP contribution in [0.5, 0.6) is 11.5 Å². The van der Waals surface area contributed by atoms with Crippen LogP contribution in [-0.4, -0.2) is 25.4 Å². The minimum Gasteiger partial charge on any atom is -0.504 e. The SMILES string of the molecule is Oc1ccc(-c2nnc(-c3ccc4[nH]ccc4c3)s2)cc1O. The van der Waals surface area contributed by atoms with E-state index in [9.17, 15) is 10.2 Å². The van der Waals surface area contributed by atoms with E-state index in [0.717, 1.165) is 27.0 Å². The summed E-state index contributed by atoms with van der Waals surface area (Å²) >= 11 is 1.44. The van der Waals surface area contributed by atoms with Crippen molar-refractivity contribution in [1.29, 1.82) is 0 Å². The van der Waals surface area contributed by atoms with E-state index in [4.69, 9.17) is 0 Å². The number of hydrogen-bond acceptors (Lipinski definition) is 5. The predicted octanol–water partition coefficient (Wildman–Crippen LogP) is 3.76. The van der Waals surface area contributed by atoms with Gasteiger partial charge in [-0.25, -0.2) is 0 Å². The van der Waals surface area contributed by atoms with E-state index in [-0.39, 0.29) is 11.5 Å². The highest BCUT2D eigenvalue weighted by molar-refractivity contribution is 7.17. The third kappa shape index (κ3) is 2.10. The molecule has 0 spiro atoms. The van der Waals surface area contributed by atoms with Gasteiger partial charge < -0.3 is 15.2 Å². The maximum Gasteiger partial charge on any atom is 0.158 e. The summed E-state index contributed by atoms with van der Waals surface area (Å²) in [5, 5.41) is 30.0. The Morgan fingerprint density at radius 2 is 1.55 bits per heavy atom. The fourth-order valence-corrected chi connectivity index (χ4v) is 3.14. The highest BCUT2D eigenvalue weighted by Gasteiger charge is 2.11. The highest BCUT2D eigenvalue weighted by Crippen LogP contribution is 2.34. The van der Waals surface area contributed by atoms with Crippen LogP contribution < -0.4 is 0 Å². The van der Waals surface area contributed by atoms with Gasteiger partial charge >= 0.3 is 0 Å². The van der Waals surface area contributed by atoms with Crippen molar-refractivity contribution in [2.45, 2.75) is 0 Å². The zero-order chi connectivity index (χ0) is 15.1. The van der Waals surface area contributed by atoms with Crippen molar-refractivity contribution in [3.05, 3.63) is 48.7 Å². The first-order chi connectivity index (χ1) is 10.7. The molecule has 2 aromatic heterocycles. The smallest absolute Gasteiger partial charge is 0.158 e. The Kier molecular flexibility index (Phi) is 2.83. The second kappa shape index (κ2) is 4.85. The lowest BCUT2D eigenvalue weighted by Gasteiger charge is -1.99. The number of aromatic hydroxyl groups is 2. The van der Waals surface area contributed by atoms with Gasteiger partial charge in [0.15, 0.2) is 11.5 Å². The zero-order valence-corrected chi connectivity index (χ0v) is 12.1. The number of fused-ring (bicyclic) bond motifs is 1. The molecule has 108 valence electrons. The summed E-state index contributed by atoms with van der Waals surface area (Å²) in [6.45, 7) is 0. The monoisotopic (exact) mass is 309 g/mol. The lowest BCUT2D eigenvalue weighted by atomic mass is 10.2. The maximum atomic E-state index is 9.58. The number of phenols is 2. The summed E-state index contributed by atoms with van der Waals surface area (Å²) in [5.41, 5.74) is 2.80. The van der Waals surface area contributed by atoms with E-state index >= 15 is 0 Å². The van der Waals surface area contributed by atoms with E-state index in [1.165, 1.54) is 23.5 Å². The lowest BCUT2D eigenvalue weighted by Crippen LogP contribution is -1.78. The Hall–Kier alpha value is -2.86. The average Bonchev–Trinajstić information content (AvgIpc) is 3.17. The molecule has 2 heterocycles. The fraction of sp³-hybridized carbons (Fsp3) is 0. The number of benzene rings is 2. The third-order valence-corrected chi connectivity index (χ3v) is 4.47. The van der Waals surface area contributed by atoms with Gasteiger partial charge in [-0.05, 0) is 42.5 Å². The molecule has 0 aliphatic heterocycles. The van der Waals surface area contributed by atoms with Crippen molar-refractivity contribution in [3.8, 4) is 32.6 Å². The van der Waals surface area contributed by atoms with Crippen LogP contribution in [0.4, 0.5) is 0 Å². The summed E-state index contributed by atoms with van der Waals surface area (Å²) in [7, 11) is 0. The van der Waals surface area contributed by atoms with E-state index in [1.54, 1.807) is 6.07 Å². The molecule has 0 bridgehead atoms. The van der Waals surface area contributed by atoms with Gasteiger partial charge in [0.1, 0.15) is 10.0 Å². The summed E-state index contributed by atoms with van der Waals surface area (Å²) in [6, 6.07) is 12.7. The van der Waals surface area contributed by atoms with Gasteiger partial charge in [-0.3, -0.25) is 0 Å². The van der Waals surface area contributed by atoms with Crippen LogP contribution in [0.2, 0.25) is 0 Å². The average molecular weight is 309 g/mol. The van der Waals surface area contributed by atoms with Crippen LogP contribution in [0.15, 0.2) is 48.7 Å². The van der Waals surface area contributed by atoms with Gasteiger partial charge in [-0.2, -0.15) is 0 Å². The molecule has 4 aromatic rings. The standard InChI is InChI=1S/C16H11N3O2S/c20-13-4-2-11(8-14(13)21)16-19-18-15(22-16)10-1-3-12-9(7-10)5-6-17-12/h1-8,17,20-21H. The fourth-order valence-electron chi connectivity index (χ4n) is 2.30. The molecule has 2 aromatic carbocycles. The first-order valence-corrected chi connectivity index (χ1v) is 7.46. The molecule has 0 unspecified atom stereocenters. The number of nitrogens with zero attached hydrogens (tertiary/aromatic N) is 2. The van der Waals surface area contributed by atoms with Crippen molar-refractivity contribution in [2.75, 3.05) is 0 Å². The Balaban J connectivity index is 1.75. The normalized spacial score (nSPS) is 11.1. The van der Waals surface area contributed by atoms with Gasteiger partial charge in [-0.1, -0.05) is 11.3 Å². The minimum absolute atomic E-state index is 0.147. The molecule has 0 fully saturated rings. The number of aromatic nitrogens is 3. The van der Waals surface area contributed by atoms with E-state index < -0.39 is 0 Å². The molecule has 0 atom stereocenters. The van der Waals surface area contributed by atoms with Gasteiger partial charge in [0, 0.05) is 28.2 Å². The second-order valence-corrected chi connectivity index (χ2v) is 5.87. The quantitative estimate of drug-likeness (QED) is 0.492. The number of nitrogens with one attached hydrogen (secondary N) is 1. The topological polar surface area (TPSA) is 82.0 Å². The van der Waals surface area contributed by atoms with Gasteiger partial charge in [0.2, 0.25) is 0 Å². The maximum absolute atomic E-state index is 9.58. The minimum atomic E-state index is -0.164. The Labute approximate surface area is 129 Å². The largest absolute Gasteiger partial charge is 0.504 e. The predicted molar refractivity (Wildman–Crippen MR) is 86.0 cm³/mol. The first-order valence-electron chi connectivity index (χ1n) is 6.64. The number of phenolic OH excluding ortho intramolecular Hbond substituents is 2. The molecular formula is C16H11N3O2S. The van der Waals surface area contributed by atoms with Crippen molar-refractivity contribution in [1.82, 2.24) is 15.2 Å². The molecule has 0 aliphatic rings. The first kappa shape index (κ1) is 12.8. The summed E-state index contributed by atoms with van der Waals surface area (Å²) in [4.78, 5) is 3.16. The van der Waals surface area contributed by atoms with E-state index in [0.29, 0.717) is 5.01 Å². The molecule has 0 amide bonds. The van der Waals surface area contributed by atoms with Crippen molar-refractivity contribution < 1.29 is 10.2 Å². The second-order valence-electron chi connectivity index (χ2n) is 4.90. The third-order valence-electron chi connectivity index (χ3n) is 3.45.